The number of hydrogen-bond acceptors (Lipinski definition) is 7. The maximum Gasteiger partial charge on any atom is 0.258 e. The number of carbonyl (C=O) groups is 1. The highest BCUT2D eigenvalue weighted by atomic mass is 32.1. The van der Waals surface area contributed by atoms with E-state index in [1.807, 2.05) is 39.0 Å². The second-order valence-corrected chi connectivity index (χ2v) is 8.26. The predicted molar refractivity (Wildman–Crippen MR) is 117 cm³/mol. The Labute approximate surface area is 180 Å². The molecule has 0 spiro atoms. The van der Waals surface area contributed by atoms with Crippen molar-refractivity contribution >= 4 is 23.1 Å². The van der Waals surface area contributed by atoms with Crippen LogP contribution in [-0.2, 0) is 0 Å². The Morgan fingerprint density at radius 2 is 2.17 bits per heavy atom. The first-order chi connectivity index (χ1) is 14.5. The second kappa shape index (κ2) is 8.97. The first kappa shape index (κ1) is 20.6. The van der Waals surface area contributed by atoms with E-state index in [0.29, 0.717) is 23.9 Å². The fourth-order valence-corrected chi connectivity index (χ4v) is 4.45. The fraction of sp³-hybridized carbons (Fsp3) is 0.409. The highest BCUT2D eigenvalue weighted by Crippen LogP contribution is 2.37. The lowest BCUT2D eigenvalue weighted by Gasteiger charge is -2.24. The van der Waals surface area contributed by atoms with E-state index in [9.17, 15) is 4.79 Å². The molecular formula is C22H26N4O3S. The molecule has 0 bridgehead atoms. The number of aryl methyl sites for hydroxylation is 3. The first-order valence-corrected chi connectivity index (χ1v) is 11.0. The van der Waals surface area contributed by atoms with Gasteiger partial charge in [-0.2, -0.15) is 4.37 Å². The van der Waals surface area contributed by atoms with Crippen LogP contribution in [0.3, 0.4) is 0 Å². The number of rotatable bonds is 6. The number of aromatic nitrogens is 2. The van der Waals surface area contributed by atoms with Gasteiger partial charge in [0, 0.05) is 22.7 Å². The molecule has 2 aromatic heterocycles. The van der Waals surface area contributed by atoms with Gasteiger partial charge in [-0.3, -0.25) is 4.79 Å². The Hall–Kier alpha value is -2.71. The number of anilines is 1. The van der Waals surface area contributed by atoms with Crippen LogP contribution in [0.25, 0.3) is 11.1 Å². The molecule has 1 amide bonds. The highest BCUT2D eigenvalue weighted by molar-refractivity contribution is 7.04. The van der Waals surface area contributed by atoms with Crippen molar-refractivity contribution in [3.05, 3.63) is 46.3 Å². The minimum atomic E-state index is -0.175. The molecule has 1 aliphatic rings. The van der Waals surface area contributed by atoms with Crippen LogP contribution >= 0.6 is 11.5 Å². The standard InChI is InChI=1S/C22H26N4O3S/c1-13-19(12-30-26-13)22(27)24-16-7-8-20(28-11-17-6-4-5-9-23-17)18(10-16)21-14(2)25-29-15(21)3/h7-8,10,12,17,23H,4-6,9,11H2,1-3H3,(H,24,27). The minimum absolute atomic E-state index is 0.175. The van der Waals surface area contributed by atoms with E-state index in [1.165, 1.54) is 24.4 Å². The molecule has 3 heterocycles. The van der Waals surface area contributed by atoms with Gasteiger partial charge in [0.15, 0.2) is 0 Å². The van der Waals surface area contributed by atoms with Gasteiger partial charge < -0.3 is 19.9 Å². The molecule has 1 unspecified atom stereocenters. The van der Waals surface area contributed by atoms with Crippen molar-refractivity contribution < 1.29 is 14.1 Å². The molecule has 7 nitrogen and oxygen atoms in total. The second-order valence-electron chi connectivity index (χ2n) is 7.64. The Morgan fingerprint density at radius 3 is 2.83 bits per heavy atom. The molecule has 1 saturated heterocycles. The van der Waals surface area contributed by atoms with Gasteiger partial charge in [0.1, 0.15) is 18.1 Å². The van der Waals surface area contributed by atoms with Crippen molar-refractivity contribution in [1.29, 1.82) is 0 Å². The Bertz CT molecular complexity index is 1020. The van der Waals surface area contributed by atoms with Crippen LogP contribution in [0.15, 0.2) is 28.1 Å². The lowest BCUT2D eigenvalue weighted by molar-refractivity contribution is 0.102. The van der Waals surface area contributed by atoms with Crippen molar-refractivity contribution in [2.45, 2.75) is 46.1 Å². The summed E-state index contributed by atoms with van der Waals surface area (Å²) in [5, 5.41) is 12.3. The summed E-state index contributed by atoms with van der Waals surface area (Å²) in [6.45, 7) is 7.25. The lowest BCUT2D eigenvalue weighted by Crippen LogP contribution is -2.38. The summed E-state index contributed by atoms with van der Waals surface area (Å²) in [5.74, 6) is 1.30. The average molecular weight is 427 g/mol. The SMILES string of the molecule is Cc1nscc1C(=O)Nc1ccc(OCC2CCCCN2)c(-c2c(C)noc2C)c1. The normalized spacial score (nSPS) is 16.4. The molecule has 4 rings (SSSR count). The van der Waals surface area contributed by atoms with E-state index in [0.717, 1.165) is 47.0 Å². The highest BCUT2D eigenvalue weighted by Gasteiger charge is 2.20. The number of nitrogens with zero attached hydrogens (tertiary/aromatic N) is 2. The van der Waals surface area contributed by atoms with Crippen molar-refractivity contribution in [3.8, 4) is 16.9 Å². The fourth-order valence-electron chi connectivity index (χ4n) is 3.76. The maximum atomic E-state index is 12.6. The molecule has 158 valence electrons. The molecule has 0 radical (unpaired) electrons. The molecule has 2 N–H and O–H groups in total. The van der Waals surface area contributed by atoms with Gasteiger partial charge in [-0.1, -0.05) is 11.6 Å². The van der Waals surface area contributed by atoms with Crippen LogP contribution in [0.1, 0.15) is 46.8 Å². The van der Waals surface area contributed by atoms with E-state index in [-0.39, 0.29) is 5.91 Å². The third-order valence-corrected chi connectivity index (χ3v) is 6.11. The summed E-state index contributed by atoms with van der Waals surface area (Å²) in [5.41, 5.74) is 4.54. The monoisotopic (exact) mass is 426 g/mol. The topological polar surface area (TPSA) is 89.3 Å². The van der Waals surface area contributed by atoms with Crippen LogP contribution in [0.2, 0.25) is 0 Å². The average Bonchev–Trinajstić information content (AvgIpc) is 3.32. The van der Waals surface area contributed by atoms with Crippen LogP contribution in [0.5, 0.6) is 5.75 Å². The van der Waals surface area contributed by atoms with Gasteiger partial charge in [0.05, 0.1) is 22.5 Å². The first-order valence-electron chi connectivity index (χ1n) is 10.2. The van der Waals surface area contributed by atoms with Crippen LogP contribution in [0, 0.1) is 20.8 Å². The van der Waals surface area contributed by atoms with Crippen LogP contribution in [-0.4, -0.2) is 34.6 Å². The van der Waals surface area contributed by atoms with Gasteiger partial charge in [0.2, 0.25) is 0 Å². The number of benzene rings is 1. The molecule has 3 aromatic rings. The lowest BCUT2D eigenvalue weighted by atomic mass is 10.0. The summed E-state index contributed by atoms with van der Waals surface area (Å²) < 4.78 is 15.8. The summed E-state index contributed by atoms with van der Waals surface area (Å²) in [4.78, 5) is 12.6. The molecule has 1 aromatic carbocycles. The zero-order valence-electron chi connectivity index (χ0n) is 17.4. The minimum Gasteiger partial charge on any atom is -0.491 e. The summed E-state index contributed by atoms with van der Waals surface area (Å²) in [6.07, 6.45) is 3.55. The smallest absolute Gasteiger partial charge is 0.258 e. The largest absolute Gasteiger partial charge is 0.491 e. The summed E-state index contributed by atoms with van der Waals surface area (Å²) >= 11 is 1.28. The number of nitrogens with one attached hydrogen (secondary N) is 2. The maximum absolute atomic E-state index is 12.6. The zero-order valence-corrected chi connectivity index (χ0v) is 18.3. The quantitative estimate of drug-likeness (QED) is 0.603. The Kier molecular flexibility index (Phi) is 6.15. The Balaban J connectivity index is 1.61. The zero-order chi connectivity index (χ0) is 21.1. The molecule has 1 atom stereocenters. The van der Waals surface area contributed by atoms with Crippen molar-refractivity contribution in [3.63, 3.8) is 0 Å². The molecular weight excluding hydrogens is 400 g/mol. The molecule has 30 heavy (non-hydrogen) atoms. The van der Waals surface area contributed by atoms with Crippen LogP contribution < -0.4 is 15.4 Å². The Morgan fingerprint density at radius 1 is 1.30 bits per heavy atom. The van der Waals surface area contributed by atoms with E-state index < -0.39 is 0 Å². The van der Waals surface area contributed by atoms with Gasteiger partial charge in [-0.05, 0) is 69.9 Å². The van der Waals surface area contributed by atoms with Gasteiger partial charge in [0.25, 0.3) is 5.91 Å². The summed E-state index contributed by atoms with van der Waals surface area (Å²) in [6, 6.07) is 6.03. The van der Waals surface area contributed by atoms with Crippen molar-refractivity contribution in [1.82, 2.24) is 14.8 Å². The van der Waals surface area contributed by atoms with Gasteiger partial charge in [-0.15, -0.1) is 0 Å². The number of ether oxygens (including phenoxy) is 1. The number of amides is 1. The van der Waals surface area contributed by atoms with Crippen LogP contribution in [0.4, 0.5) is 5.69 Å². The number of carbonyl (C=O) groups excluding carboxylic acids is 1. The van der Waals surface area contributed by atoms with E-state index in [1.54, 1.807) is 5.38 Å². The molecule has 8 heteroatoms. The number of piperidine rings is 1. The van der Waals surface area contributed by atoms with Crippen molar-refractivity contribution in [2.75, 3.05) is 18.5 Å². The number of hydrogen-bond donors (Lipinski definition) is 2. The third kappa shape index (κ3) is 4.39. The molecule has 0 aliphatic carbocycles. The third-order valence-electron chi connectivity index (χ3n) is 5.39. The molecule has 1 fully saturated rings. The summed E-state index contributed by atoms with van der Waals surface area (Å²) in [7, 11) is 0. The van der Waals surface area contributed by atoms with Gasteiger partial charge >= 0.3 is 0 Å². The predicted octanol–water partition coefficient (Wildman–Crippen LogP) is 4.50. The van der Waals surface area contributed by atoms with Gasteiger partial charge in [-0.25, -0.2) is 0 Å². The van der Waals surface area contributed by atoms with Crippen molar-refractivity contribution in [2.24, 2.45) is 0 Å². The van der Waals surface area contributed by atoms with E-state index >= 15 is 0 Å². The van der Waals surface area contributed by atoms with E-state index in [2.05, 4.69) is 20.2 Å². The van der Waals surface area contributed by atoms with E-state index in [4.69, 9.17) is 9.26 Å². The molecule has 1 aliphatic heterocycles. The molecule has 0 saturated carbocycles.